The van der Waals surface area contributed by atoms with Gasteiger partial charge in [-0.15, -0.1) is 5.92 Å². The van der Waals surface area contributed by atoms with Crippen molar-refractivity contribution < 1.29 is 54.7 Å². The number of aromatic hydroxyl groups is 2. The third-order valence-electron chi connectivity index (χ3n) is 14.1. The number of aryl methyl sites for hydroxylation is 1. The first-order valence-electron chi connectivity index (χ1n) is 22.8. The van der Waals surface area contributed by atoms with Crippen LogP contribution < -0.4 is 19.5 Å². The number of methoxy groups -OCH3 is 2. The van der Waals surface area contributed by atoms with Crippen LogP contribution in [0.2, 0.25) is 0 Å². The van der Waals surface area contributed by atoms with Crippen molar-refractivity contribution in [2.75, 3.05) is 53.1 Å². The molecule has 0 amide bonds. The fraction of sp³-hybridized carbons (Fsp3) is 0.708. The summed E-state index contributed by atoms with van der Waals surface area (Å²) >= 11 is 0. The zero-order valence-electron chi connectivity index (χ0n) is 36.8. The average Bonchev–Trinajstić information content (AvgIpc) is 3.34. The van der Waals surface area contributed by atoms with Gasteiger partial charge in [0.25, 0.3) is 0 Å². The molecule has 12 nitrogen and oxygen atoms in total. The van der Waals surface area contributed by atoms with Crippen molar-refractivity contribution >= 4 is 21.6 Å². The lowest BCUT2D eigenvalue weighted by Gasteiger charge is -2.53. The number of rotatable bonds is 13. The van der Waals surface area contributed by atoms with E-state index < -0.39 is 31.0 Å². The molecule has 0 aromatic heterocycles. The summed E-state index contributed by atoms with van der Waals surface area (Å²) in [7, 11) is 5.86. The predicted molar refractivity (Wildman–Crippen MR) is 244 cm³/mol. The van der Waals surface area contributed by atoms with E-state index >= 15 is 0 Å². The molecule has 2 heterocycles. The molecule has 6 rings (SSSR count). The fourth-order valence-corrected chi connectivity index (χ4v) is 13.9. The summed E-state index contributed by atoms with van der Waals surface area (Å²) in [5.74, 6) is 9.64. The third-order valence-corrected chi connectivity index (χ3v) is 17.0. The number of ether oxygens (including phenoxy) is 4. The second-order valence-electron chi connectivity index (χ2n) is 18.1. The maximum absolute atomic E-state index is 11.8. The van der Waals surface area contributed by atoms with Crippen molar-refractivity contribution in [1.29, 1.82) is 0 Å². The minimum atomic E-state index is -1.02. The van der Waals surface area contributed by atoms with Gasteiger partial charge in [0.1, 0.15) is 6.79 Å². The van der Waals surface area contributed by atoms with Crippen LogP contribution in [-0.4, -0.2) is 113 Å². The molecule has 0 radical (unpaired) electrons. The monoisotopic (exact) mass is 901 g/mol. The molecule has 62 heavy (non-hydrogen) atoms. The zero-order chi connectivity index (χ0) is 44.2. The van der Waals surface area contributed by atoms with Gasteiger partial charge in [0, 0.05) is 48.5 Å². The van der Waals surface area contributed by atoms with Crippen LogP contribution in [0.4, 0.5) is 0 Å². The first-order chi connectivity index (χ1) is 30.0. The van der Waals surface area contributed by atoms with Gasteiger partial charge in [-0.05, 0) is 148 Å². The zero-order valence-corrected chi connectivity index (χ0v) is 38.4. The van der Waals surface area contributed by atoms with Crippen LogP contribution >= 0.6 is 21.6 Å². The van der Waals surface area contributed by atoms with E-state index in [0.29, 0.717) is 54.2 Å². The van der Waals surface area contributed by atoms with Gasteiger partial charge >= 0.3 is 0 Å². The Kier molecular flexibility index (Phi) is 18.6. The van der Waals surface area contributed by atoms with E-state index in [-0.39, 0.29) is 71.6 Å². The highest BCUT2D eigenvalue weighted by Crippen LogP contribution is 2.56. The standard InChI is InChI=1S/C48H71NO11S2/c1-30-8-11-34(7-6-17-50)48(26-30)15-4-5-16-49-27-33-10-13-36(23-39(33)48)60-43-22-32-9-12-35(59-29-52)24-40(53)38(19-31-20-44(57-2)47(56)45(21-31)58-3)42(55)28-61-62-46(14-18-51)37(32)25-41(43)54/h20-22,25,30,33-36,38-40,42,46,49-56H,5-14,16-19,23-24,26-29H2,1-3H3. The van der Waals surface area contributed by atoms with Crippen LogP contribution in [0.25, 0.3) is 0 Å². The van der Waals surface area contributed by atoms with Gasteiger partial charge in [0.05, 0.1) is 38.6 Å². The Morgan fingerprint density at radius 3 is 2.39 bits per heavy atom. The van der Waals surface area contributed by atoms with Crippen molar-refractivity contribution in [2.24, 2.45) is 35.0 Å². The Hall–Kier alpha value is -2.58. The third kappa shape index (κ3) is 12.0. The Labute approximate surface area is 376 Å². The maximum Gasteiger partial charge on any atom is 0.200 e. The topological polar surface area (TPSA) is 191 Å². The molecule has 8 N–H and O–H groups in total. The van der Waals surface area contributed by atoms with Gasteiger partial charge in [-0.3, -0.25) is 0 Å². The van der Waals surface area contributed by atoms with Gasteiger partial charge in [0.15, 0.2) is 23.0 Å². The molecule has 0 bridgehead atoms. The number of benzene rings is 2. The number of aliphatic hydroxyl groups excluding tert-OH is 5. The molecular formula is C48H71NO11S2. The van der Waals surface area contributed by atoms with Crippen molar-refractivity contribution in [3.63, 3.8) is 0 Å². The lowest BCUT2D eigenvalue weighted by atomic mass is 9.51. The van der Waals surface area contributed by atoms with E-state index in [2.05, 4.69) is 24.1 Å². The summed E-state index contributed by atoms with van der Waals surface area (Å²) in [6, 6.07) is 7.05. The highest BCUT2D eigenvalue weighted by molar-refractivity contribution is 8.76. The van der Waals surface area contributed by atoms with Crippen molar-refractivity contribution in [1.82, 2.24) is 5.32 Å². The Balaban J connectivity index is 1.27. The minimum Gasteiger partial charge on any atom is -0.504 e. The lowest BCUT2D eigenvalue weighted by Crippen LogP contribution is -2.50. The van der Waals surface area contributed by atoms with Crippen molar-refractivity contribution in [3.8, 4) is 40.6 Å². The van der Waals surface area contributed by atoms with E-state index in [0.717, 1.165) is 75.6 Å². The number of hydrogen-bond acceptors (Lipinski definition) is 14. The summed E-state index contributed by atoms with van der Waals surface area (Å²) in [6.45, 7) is 3.75. The molecule has 4 aliphatic rings. The molecule has 2 fully saturated rings. The highest BCUT2D eigenvalue weighted by Gasteiger charge is 2.52. The second kappa shape index (κ2) is 23.6. The van der Waals surface area contributed by atoms with E-state index in [1.807, 2.05) is 6.07 Å². The van der Waals surface area contributed by atoms with Crippen molar-refractivity contribution in [3.05, 3.63) is 41.0 Å². The van der Waals surface area contributed by atoms with Gasteiger partial charge in [0.2, 0.25) is 5.75 Å². The molecule has 1 spiro atoms. The number of aliphatic hydroxyl groups is 5. The molecule has 14 heteroatoms. The minimum absolute atomic E-state index is 0.0416. The van der Waals surface area contributed by atoms with Gasteiger partial charge in [-0.1, -0.05) is 40.9 Å². The SMILES string of the molecule is COc1cc(CC2C(O)CSSC(CCO)c3cc(O)c(OC4CCC5CNCCC#CC6(CC(C)CCC6CCCO)C5C4)cc3CCC(OCO)CC2O)cc(OC)c1O. The van der Waals surface area contributed by atoms with Crippen LogP contribution in [0.5, 0.6) is 28.7 Å². The molecule has 2 aromatic rings. The van der Waals surface area contributed by atoms with Crippen LogP contribution in [0, 0.1) is 46.8 Å². The maximum atomic E-state index is 11.8. The first kappa shape index (κ1) is 48.9. The number of phenols is 2. The van der Waals surface area contributed by atoms with E-state index in [1.165, 1.54) is 42.2 Å². The van der Waals surface area contributed by atoms with Gasteiger partial charge in [-0.2, -0.15) is 0 Å². The first-order valence-corrected chi connectivity index (χ1v) is 25.2. The average molecular weight is 902 g/mol. The van der Waals surface area contributed by atoms with Gasteiger partial charge in [-0.25, -0.2) is 0 Å². The molecule has 346 valence electrons. The fourth-order valence-electron chi connectivity index (χ4n) is 11.0. The number of nitrogens with one attached hydrogen (secondary N) is 1. The summed E-state index contributed by atoms with van der Waals surface area (Å²) in [4.78, 5) is 0. The second-order valence-corrected chi connectivity index (χ2v) is 20.7. The molecule has 2 saturated carbocycles. The summed E-state index contributed by atoms with van der Waals surface area (Å²) in [5, 5.41) is 79.3. The van der Waals surface area contributed by atoms with Crippen LogP contribution in [-0.2, 0) is 17.6 Å². The quantitative estimate of drug-likeness (QED) is 0.0616. The predicted octanol–water partition coefficient (Wildman–Crippen LogP) is 6.53. The highest BCUT2D eigenvalue weighted by atomic mass is 33.1. The largest absolute Gasteiger partial charge is 0.504 e. The Bertz CT molecular complexity index is 1760. The summed E-state index contributed by atoms with van der Waals surface area (Å²) in [6.07, 6.45) is 7.66. The molecule has 2 aromatic carbocycles. The molecule has 0 saturated heterocycles. The Morgan fingerprint density at radius 1 is 0.871 bits per heavy atom. The number of phenolic OH excluding ortho intramolecular Hbond substituents is 2. The Morgan fingerprint density at radius 2 is 1.66 bits per heavy atom. The van der Waals surface area contributed by atoms with E-state index in [1.54, 1.807) is 18.2 Å². The summed E-state index contributed by atoms with van der Waals surface area (Å²) in [5.41, 5.74) is 2.34. The summed E-state index contributed by atoms with van der Waals surface area (Å²) < 4.78 is 23.5. The van der Waals surface area contributed by atoms with Crippen molar-refractivity contribution in [2.45, 2.75) is 126 Å². The lowest BCUT2D eigenvalue weighted by molar-refractivity contribution is -0.0808. The van der Waals surface area contributed by atoms with E-state index in [9.17, 15) is 35.7 Å². The van der Waals surface area contributed by atoms with Gasteiger partial charge < -0.3 is 60.0 Å². The van der Waals surface area contributed by atoms with Crippen LogP contribution in [0.1, 0.15) is 106 Å². The van der Waals surface area contributed by atoms with Crippen LogP contribution in [0.3, 0.4) is 0 Å². The molecular weight excluding hydrogens is 831 g/mol. The molecule has 2 aliphatic heterocycles. The molecule has 11 unspecified atom stereocenters. The van der Waals surface area contributed by atoms with Crippen LogP contribution in [0.15, 0.2) is 24.3 Å². The number of hydrogen-bond donors (Lipinski definition) is 8. The molecule has 2 aliphatic carbocycles. The van der Waals surface area contributed by atoms with E-state index in [4.69, 9.17) is 18.9 Å². The normalized spacial score (nSPS) is 32.2. The molecule has 11 atom stereocenters. The smallest absolute Gasteiger partial charge is 0.200 e. The number of fused-ring (bicyclic) bond motifs is 3.